The summed E-state index contributed by atoms with van der Waals surface area (Å²) in [5.41, 5.74) is 1.31. The van der Waals surface area contributed by atoms with Crippen molar-refractivity contribution in [1.29, 1.82) is 0 Å². The van der Waals surface area contributed by atoms with Crippen molar-refractivity contribution < 1.29 is 27.4 Å². The Balaban J connectivity index is 1.64. The highest BCUT2D eigenvalue weighted by Gasteiger charge is 2.26. The number of carbonyl (C=O) groups is 1. The molecule has 2 heterocycles. The number of halogens is 3. The maximum atomic E-state index is 13.3. The number of pyridine rings is 1. The van der Waals surface area contributed by atoms with Crippen LogP contribution < -0.4 is 25.2 Å². The van der Waals surface area contributed by atoms with Crippen molar-refractivity contribution >= 4 is 28.1 Å². The Morgan fingerprint density at radius 1 is 1.07 bits per heavy atom. The molecule has 0 fully saturated rings. The Bertz CT molecular complexity index is 1510. The molecule has 0 atom stereocenters. The Kier molecular flexibility index (Phi) is 8.78. The maximum Gasteiger partial charge on any atom is 0.389 e. The van der Waals surface area contributed by atoms with Crippen LogP contribution in [0.15, 0.2) is 65.6 Å². The Morgan fingerprint density at radius 3 is 2.35 bits per heavy atom. The summed E-state index contributed by atoms with van der Waals surface area (Å²) in [6, 6.07) is 15.0. The number of carbonyl (C=O) groups excluding carboxylic acids is 1. The highest BCUT2D eigenvalue weighted by molar-refractivity contribution is 7.18. The monoisotopic (exact) mass is 572 g/mol. The molecule has 2 aromatic carbocycles. The third-order valence-corrected chi connectivity index (χ3v) is 6.99. The number of nitrogens with zero attached hydrogens (tertiary/aromatic N) is 2. The molecule has 0 unspecified atom stereocenters. The number of amides is 1. The number of rotatable bonds is 10. The predicted molar refractivity (Wildman–Crippen MR) is 150 cm³/mol. The first kappa shape index (κ1) is 28.7. The first-order valence-corrected chi connectivity index (χ1v) is 13.0. The van der Waals surface area contributed by atoms with Crippen molar-refractivity contribution in [2.24, 2.45) is 0 Å². The summed E-state index contributed by atoms with van der Waals surface area (Å²) in [7, 11) is 5.23. The van der Waals surface area contributed by atoms with Crippen LogP contribution in [0.5, 0.6) is 11.5 Å². The van der Waals surface area contributed by atoms with Gasteiger partial charge < -0.3 is 24.7 Å². The van der Waals surface area contributed by atoms with E-state index in [2.05, 4.69) is 15.3 Å². The standard InChI is InChI=1S/C28H27F3N4O4S/c1-35(2)27-32-16-23(40-27)21-15-22(17-5-9-20(10-6-17)39-14-4-13-28(29,30)31)34-26(37)24(21)25(36)33-18-7-11-19(38-3)12-8-18/h5-12,15-16H,4,13-14H2,1-3H3,(H,33,36)(H,34,37). The summed E-state index contributed by atoms with van der Waals surface area (Å²) in [5, 5.41) is 3.46. The quantitative estimate of drug-likeness (QED) is 0.219. The second kappa shape index (κ2) is 12.2. The number of nitrogens with one attached hydrogen (secondary N) is 2. The van der Waals surface area contributed by atoms with E-state index in [0.29, 0.717) is 44.0 Å². The zero-order chi connectivity index (χ0) is 28.9. The van der Waals surface area contributed by atoms with Gasteiger partial charge in [-0.2, -0.15) is 13.2 Å². The second-order valence-corrected chi connectivity index (χ2v) is 9.99. The van der Waals surface area contributed by atoms with E-state index in [4.69, 9.17) is 9.47 Å². The number of hydrogen-bond acceptors (Lipinski definition) is 7. The molecule has 0 saturated carbocycles. The van der Waals surface area contributed by atoms with Crippen LogP contribution >= 0.6 is 11.3 Å². The lowest BCUT2D eigenvalue weighted by Crippen LogP contribution is -2.24. The van der Waals surface area contributed by atoms with Crippen LogP contribution in [0, 0.1) is 0 Å². The number of anilines is 2. The molecule has 1 amide bonds. The zero-order valence-corrected chi connectivity index (χ0v) is 22.8. The van der Waals surface area contributed by atoms with Gasteiger partial charge in [-0.05, 0) is 66.6 Å². The van der Waals surface area contributed by atoms with Crippen LogP contribution in [-0.4, -0.2) is 49.9 Å². The van der Waals surface area contributed by atoms with Gasteiger partial charge in [0.1, 0.15) is 17.1 Å². The topological polar surface area (TPSA) is 96.5 Å². The molecule has 0 aliphatic heterocycles. The average molecular weight is 573 g/mol. The van der Waals surface area contributed by atoms with Crippen LogP contribution in [0.1, 0.15) is 23.2 Å². The fourth-order valence-corrected chi connectivity index (χ4v) is 4.65. The summed E-state index contributed by atoms with van der Waals surface area (Å²) in [4.78, 5) is 36.3. The summed E-state index contributed by atoms with van der Waals surface area (Å²) < 4.78 is 47.6. The molecule has 0 radical (unpaired) electrons. The molecule has 0 aliphatic rings. The number of hydrogen-bond donors (Lipinski definition) is 2. The van der Waals surface area contributed by atoms with Gasteiger partial charge in [0, 0.05) is 43.7 Å². The molecule has 40 heavy (non-hydrogen) atoms. The SMILES string of the molecule is COc1ccc(NC(=O)c2c(-c3cnc(N(C)C)s3)cc(-c3ccc(OCCCC(F)(F)F)cc3)[nH]c2=O)cc1. The van der Waals surface area contributed by atoms with Gasteiger partial charge in [0.25, 0.3) is 11.5 Å². The molecule has 0 saturated heterocycles. The molecule has 2 aromatic heterocycles. The molecular formula is C28H27F3N4O4S. The second-order valence-electron chi connectivity index (χ2n) is 8.98. The molecule has 210 valence electrons. The maximum absolute atomic E-state index is 13.3. The Labute approximate surface area is 232 Å². The summed E-state index contributed by atoms with van der Waals surface area (Å²) in [5.74, 6) is 0.442. The molecule has 0 spiro atoms. The lowest BCUT2D eigenvalue weighted by atomic mass is 10.0. The third kappa shape index (κ3) is 7.20. The average Bonchev–Trinajstić information content (AvgIpc) is 3.42. The van der Waals surface area contributed by atoms with E-state index in [1.54, 1.807) is 60.8 Å². The number of alkyl halides is 3. The van der Waals surface area contributed by atoms with Crippen molar-refractivity contribution in [3.05, 3.63) is 76.7 Å². The molecule has 2 N–H and O–H groups in total. The molecule has 8 nitrogen and oxygen atoms in total. The van der Waals surface area contributed by atoms with Crippen LogP contribution in [0.3, 0.4) is 0 Å². The summed E-state index contributed by atoms with van der Waals surface area (Å²) >= 11 is 1.33. The van der Waals surface area contributed by atoms with Crippen LogP contribution in [0.25, 0.3) is 21.7 Å². The molecule has 4 aromatic rings. The lowest BCUT2D eigenvalue weighted by Gasteiger charge is -2.12. The van der Waals surface area contributed by atoms with E-state index in [1.165, 1.54) is 18.4 Å². The van der Waals surface area contributed by atoms with Crippen molar-refractivity contribution in [2.75, 3.05) is 38.0 Å². The lowest BCUT2D eigenvalue weighted by molar-refractivity contribution is -0.136. The zero-order valence-electron chi connectivity index (χ0n) is 22.0. The number of benzene rings is 2. The normalized spacial score (nSPS) is 11.2. The smallest absolute Gasteiger partial charge is 0.389 e. The predicted octanol–water partition coefficient (Wildman–Crippen LogP) is 6.21. The first-order chi connectivity index (χ1) is 19.0. The van der Waals surface area contributed by atoms with Crippen LogP contribution in [-0.2, 0) is 0 Å². The third-order valence-electron chi connectivity index (χ3n) is 5.79. The number of methoxy groups -OCH3 is 1. The fourth-order valence-electron chi connectivity index (χ4n) is 3.79. The van der Waals surface area contributed by atoms with Crippen molar-refractivity contribution in [1.82, 2.24) is 9.97 Å². The van der Waals surface area contributed by atoms with E-state index in [0.717, 1.165) is 0 Å². The van der Waals surface area contributed by atoms with E-state index >= 15 is 0 Å². The van der Waals surface area contributed by atoms with Gasteiger partial charge in [-0.25, -0.2) is 4.98 Å². The minimum Gasteiger partial charge on any atom is -0.497 e. The van der Waals surface area contributed by atoms with Crippen LogP contribution in [0.4, 0.5) is 24.0 Å². The van der Waals surface area contributed by atoms with E-state index in [-0.39, 0.29) is 18.6 Å². The minimum absolute atomic E-state index is 0.0712. The van der Waals surface area contributed by atoms with Gasteiger partial charge >= 0.3 is 6.18 Å². The molecular weight excluding hydrogens is 545 g/mol. The van der Waals surface area contributed by atoms with Crippen molar-refractivity contribution in [2.45, 2.75) is 19.0 Å². The fraction of sp³-hybridized carbons (Fsp3) is 0.250. The number of thiazole rings is 1. The molecule has 0 aliphatic carbocycles. The van der Waals surface area contributed by atoms with Gasteiger partial charge in [0.15, 0.2) is 5.13 Å². The number of aromatic nitrogens is 2. The highest BCUT2D eigenvalue weighted by Crippen LogP contribution is 2.34. The minimum atomic E-state index is -4.22. The number of ether oxygens (including phenoxy) is 2. The Morgan fingerprint density at radius 2 is 1.75 bits per heavy atom. The Hall–Kier alpha value is -4.32. The number of aromatic amines is 1. The van der Waals surface area contributed by atoms with Gasteiger partial charge in [-0.15, -0.1) is 0 Å². The first-order valence-electron chi connectivity index (χ1n) is 12.2. The van der Waals surface area contributed by atoms with E-state index < -0.39 is 24.1 Å². The molecule has 12 heteroatoms. The van der Waals surface area contributed by atoms with Gasteiger partial charge in [-0.1, -0.05) is 11.3 Å². The summed E-state index contributed by atoms with van der Waals surface area (Å²) in [6.07, 6.45) is -3.67. The van der Waals surface area contributed by atoms with Gasteiger partial charge in [0.2, 0.25) is 0 Å². The van der Waals surface area contributed by atoms with E-state index in [1.807, 2.05) is 19.0 Å². The molecule has 4 rings (SSSR count). The number of H-pyrrole nitrogens is 1. The van der Waals surface area contributed by atoms with Crippen molar-refractivity contribution in [3.8, 4) is 33.2 Å². The van der Waals surface area contributed by atoms with Crippen molar-refractivity contribution in [3.63, 3.8) is 0 Å². The van der Waals surface area contributed by atoms with Crippen LogP contribution in [0.2, 0.25) is 0 Å². The summed E-state index contributed by atoms with van der Waals surface area (Å²) in [6.45, 7) is -0.0720. The van der Waals surface area contributed by atoms with Gasteiger partial charge in [-0.3, -0.25) is 9.59 Å². The van der Waals surface area contributed by atoms with Gasteiger partial charge in [0.05, 0.1) is 18.6 Å². The van der Waals surface area contributed by atoms with E-state index in [9.17, 15) is 22.8 Å². The molecule has 0 bridgehead atoms. The highest BCUT2D eigenvalue weighted by atomic mass is 32.1. The largest absolute Gasteiger partial charge is 0.497 e.